The van der Waals surface area contributed by atoms with E-state index in [-0.39, 0.29) is 0 Å². The molecule has 100 valence electrons. The second-order valence-corrected chi connectivity index (χ2v) is 5.65. The fourth-order valence-corrected chi connectivity index (χ4v) is 2.83. The van der Waals surface area contributed by atoms with Gasteiger partial charge in [-0.15, -0.1) is 11.3 Å². The molecule has 0 amide bonds. The van der Waals surface area contributed by atoms with Crippen LogP contribution >= 0.6 is 23.6 Å². The van der Waals surface area contributed by atoms with Crippen LogP contribution < -0.4 is 11.1 Å². The number of anilines is 2. The van der Waals surface area contributed by atoms with Crippen LogP contribution in [-0.2, 0) is 0 Å². The molecule has 0 atom stereocenters. The van der Waals surface area contributed by atoms with Gasteiger partial charge in [0.1, 0.15) is 10.8 Å². The molecule has 1 aromatic carbocycles. The Hall–Kier alpha value is -2.05. The number of hydrogen-bond acceptors (Lipinski definition) is 5. The van der Waals surface area contributed by atoms with E-state index >= 15 is 0 Å². The molecule has 0 unspecified atom stereocenters. The maximum atomic E-state index is 5.81. The Labute approximate surface area is 125 Å². The Balaban J connectivity index is 2.10. The average molecular weight is 300 g/mol. The van der Waals surface area contributed by atoms with Crippen molar-refractivity contribution in [2.45, 2.75) is 6.92 Å². The van der Waals surface area contributed by atoms with Crippen molar-refractivity contribution in [3.63, 3.8) is 0 Å². The van der Waals surface area contributed by atoms with Crippen molar-refractivity contribution in [2.24, 2.45) is 5.73 Å². The molecule has 0 aliphatic heterocycles. The van der Waals surface area contributed by atoms with Gasteiger partial charge in [-0.25, -0.2) is 9.97 Å². The van der Waals surface area contributed by atoms with Crippen molar-refractivity contribution < 1.29 is 0 Å². The molecule has 0 fully saturated rings. The minimum Gasteiger partial charge on any atom is -0.389 e. The first-order valence-electron chi connectivity index (χ1n) is 6.02. The summed E-state index contributed by atoms with van der Waals surface area (Å²) >= 11 is 6.66. The number of hydrogen-bond donors (Lipinski definition) is 2. The highest BCUT2D eigenvalue weighted by atomic mass is 32.1. The number of aromatic nitrogens is 2. The fourth-order valence-electron chi connectivity index (χ4n) is 1.96. The van der Waals surface area contributed by atoms with Gasteiger partial charge in [0, 0.05) is 16.3 Å². The van der Waals surface area contributed by atoms with Gasteiger partial charge in [0.2, 0.25) is 0 Å². The number of fused-ring (bicyclic) bond motifs is 1. The summed E-state index contributed by atoms with van der Waals surface area (Å²) in [5.74, 6) is 0.695. The molecular weight excluding hydrogens is 288 g/mol. The summed E-state index contributed by atoms with van der Waals surface area (Å²) in [6.07, 6.45) is 0. The van der Waals surface area contributed by atoms with Crippen molar-refractivity contribution in [2.75, 3.05) is 5.32 Å². The van der Waals surface area contributed by atoms with Gasteiger partial charge in [0.15, 0.2) is 5.13 Å². The lowest BCUT2D eigenvalue weighted by atomic mass is 10.1. The lowest BCUT2D eigenvalue weighted by molar-refractivity contribution is 1.25. The van der Waals surface area contributed by atoms with E-state index in [1.165, 1.54) is 11.3 Å². The molecule has 0 spiro atoms. The summed E-state index contributed by atoms with van der Waals surface area (Å²) in [6, 6.07) is 9.66. The molecule has 4 nitrogen and oxygen atoms in total. The Bertz CT molecular complexity index is 795. The molecule has 0 radical (unpaired) electrons. The van der Waals surface area contributed by atoms with Crippen molar-refractivity contribution in [1.82, 2.24) is 9.97 Å². The van der Waals surface area contributed by atoms with Crippen LogP contribution in [-0.4, -0.2) is 15.0 Å². The van der Waals surface area contributed by atoms with Crippen LogP contribution in [0.15, 0.2) is 35.7 Å². The number of pyridine rings is 1. The Kier molecular flexibility index (Phi) is 3.33. The van der Waals surface area contributed by atoms with E-state index in [0.717, 1.165) is 27.3 Å². The smallest absolute Gasteiger partial charge is 0.188 e. The van der Waals surface area contributed by atoms with Gasteiger partial charge in [-0.05, 0) is 19.1 Å². The zero-order valence-electron chi connectivity index (χ0n) is 10.8. The van der Waals surface area contributed by atoms with Crippen LogP contribution in [0, 0.1) is 6.92 Å². The minimum atomic E-state index is 0.363. The van der Waals surface area contributed by atoms with E-state index in [2.05, 4.69) is 15.3 Å². The Morgan fingerprint density at radius 3 is 2.80 bits per heavy atom. The first-order valence-corrected chi connectivity index (χ1v) is 7.31. The second kappa shape index (κ2) is 5.15. The van der Waals surface area contributed by atoms with Crippen LogP contribution in [0.1, 0.15) is 11.3 Å². The monoisotopic (exact) mass is 300 g/mol. The maximum Gasteiger partial charge on any atom is 0.188 e. The normalized spacial score (nSPS) is 10.7. The number of thiazole rings is 1. The molecule has 0 aliphatic carbocycles. The maximum absolute atomic E-state index is 5.81. The Morgan fingerprint density at radius 2 is 2.10 bits per heavy atom. The lowest BCUT2D eigenvalue weighted by Crippen LogP contribution is -2.11. The van der Waals surface area contributed by atoms with E-state index in [4.69, 9.17) is 18.0 Å². The standard InChI is InChI=1S/C14H12N4S2/c1-8-7-20-14(16-8)18-12-6-10(13(15)19)9-4-2-3-5-11(9)17-12/h2-7H,1H3,(H2,15,19)(H,16,17,18). The van der Waals surface area contributed by atoms with E-state index in [1.807, 2.05) is 42.6 Å². The van der Waals surface area contributed by atoms with Gasteiger partial charge in [-0.1, -0.05) is 30.4 Å². The van der Waals surface area contributed by atoms with Crippen LogP contribution in [0.2, 0.25) is 0 Å². The van der Waals surface area contributed by atoms with Crippen molar-refractivity contribution in [1.29, 1.82) is 0 Å². The van der Waals surface area contributed by atoms with Crippen molar-refractivity contribution in [3.8, 4) is 0 Å². The quantitative estimate of drug-likeness (QED) is 0.726. The molecule has 3 N–H and O–H groups in total. The van der Waals surface area contributed by atoms with E-state index in [9.17, 15) is 0 Å². The van der Waals surface area contributed by atoms with E-state index in [0.29, 0.717) is 10.8 Å². The van der Waals surface area contributed by atoms with E-state index in [1.54, 1.807) is 0 Å². The predicted molar refractivity (Wildman–Crippen MR) is 87.8 cm³/mol. The van der Waals surface area contributed by atoms with Gasteiger partial charge in [-0.2, -0.15) is 0 Å². The number of para-hydroxylation sites is 1. The SMILES string of the molecule is Cc1csc(Nc2cc(C(N)=S)c3ccccc3n2)n1. The number of thiocarbonyl (C=S) groups is 1. The summed E-state index contributed by atoms with van der Waals surface area (Å²) in [5, 5.41) is 6.94. The second-order valence-electron chi connectivity index (χ2n) is 4.36. The average Bonchev–Trinajstić information content (AvgIpc) is 2.83. The van der Waals surface area contributed by atoms with Gasteiger partial charge >= 0.3 is 0 Å². The highest BCUT2D eigenvalue weighted by Gasteiger charge is 2.08. The van der Waals surface area contributed by atoms with Gasteiger partial charge in [0.25, 0.3) is 0 Å². The van der Waals surface area contributed by atoms with Gasteiger partial charge < -0.3 is 11.1 Å². The molecule has 6 heteroatoms. The molecular formula is C14H12N4S2. The molecule has 3 rings (SSSR count). The number of rotatable bonds is 3. The van der Waals surface area contributed by atoms with Crippen molar-refractivity contribution in [3.05, 3.63) is 47.0 Å². The number of aryl methyl sites for hydroxylation is 1. The van der Waals surface area contributed by atoms with Crippen LogP contribution in [0.4, 0.5) is 10.9 Å². The molecule has 3 aromatic rings. The summed E-state index contributed by atoms with van der Waals surface area (Å²) in [6.45, 7) is 1.95. The topological polar surface area (TPSA) is 63.8 Å². The molecule has 0 saturated heterocycles. The first kappa shape index (κ1) is 13.0. The number of nitrogens with one attached hydrogen (secondary N) is 1. The Morgan fingerprint density at radius 1 is 1.30 bits per heavy atom. The molecule has 2 aromatic heterocycles. The zero-order chi connectivity index (χ0) is 14.1. The minimum absolute atomic E-state index is 0.363. The van der Waals surface area contributed by atoms with E-state index < -0.39 is 0 Å². The molecule has 0 bridgehead atoms. The number of nitrogens with zero attached hydrogens (tertiary/aromatic N) is 2. The largest absolute Gasteiger partial charge is 0.389 e. The third-order valence-corrected chi connectivity index (χ3v) is 3.93. The molecule has 0 aliphatic rings. The summed E-state index contributed by atoms with van der Waals surface area (Å²) in [4.78, 5) is 9.29. The third kappa shape index (κ3) is 2.48. The van der Waals surface area contributed by atoms with Gasteiger partial charge in [0.05, 0.1) is 11.2 Å². The lowest BCUT2D eigenvalue weighted by Gasteiger charge is -2.08. The van der Waals surface area contributed by atoms with Crippen LogP contribution in [0.25, 0.3) is 10.9 Å². The van der Waals surface area contributed by atoms with Crippen LogP contribution in [0.5, 0.6) is 0 Å². The summed E-state index contributed by atoms with van der Waals surface area (Å²) in [5.41, 5.74) is 8.46. The zero-order valence-corrected chi connectivity index (χ0v) is 12.4. The highest BCUT2D eigenvalue weighted by molar-refractivity contribution is 7.80. The van der Waals surface area contributed by atoms with Crippen molar-refractivity contribution >= 4 is 50.4 Å². The predicted octanol–water partition coefficient (Wildman–Crippen LogP) is 3.38. The number of benzene rings is 1. The summed E-state index contributed by atoms with van der Waals surface area (Å²) < 4.78 is 0. The summed E-state index contributed by atoms with van der Waals surface area (Å²) in [7, 11) is 0. The first-order chi connectivity index (χ1) is 9.63. The third-order valence-electron chi connectivity index (χ3n) is 2.84. The number of nitrogens with two attached hydrogens (primary N) is 1. The molecule has 0 saturated carbocycles. The van der Waals surface area contributed by atoms with Gasteiger partial charge in [-0.3, -0.25) is 0 Å². The molecule has 2 heterocycles. The van der Waals surface area contributed by atoms with Crippen LogP contribution in [0.3, 0.4) is 0 Å². The highest BCUT2D eigenvalue weighted by Crippen LogP contribution is 2.24. The molecule has 20 heavy (non-hydrogen) atoms. The fraction of sp³-hybridized carbons (Fsp3) is 0.0714.